The highest BCUT2D eigenvalue weighted by atomic mass is 35.5. The summed E-state index contributed by atoms with van der Waals surface area (Å²) in [6.07, 6.45) is -7.50. The minimum Gasteiger partial charge on any atom is -0.386 e. The number of rotatable bonds is 4. The number of benzene rings is 1. The summed E-state index contributed by atoms with van der Waals surface area (Å²) in [5.41, 5.74) is -3.29. The van der Waals surface area contributed by atoms with E-state index in [9.17, 15) is 35.9 Å². The van der Waals surface area contributed by atoms with Gasteiger partial charge in [-0.3, -0.25) is 9.59 Å². The average molecular weight is 518 g/mol. The molecule has 15 heteroatoms. The van der Waals surface area contributed by atoms with E-state index in [4.69, 9.17) is 11.6 Å². The first-order valence-electron chi connectivity index (χ1n) is 9.34. The first-order valence-corrected chi connectivity index (χ1v) is 9.71. The van der Waals surface area contributed by atoms with E-state index in [0.29, 0.717) is 10.9 Å². The number of fused-ring (bicyclic) bond motifs is 1. The van der Waals surface area contributed by atoms with Crippen molar-refractivity contribution in [1.82, 2.24) is 19.7 Å². The predicted octanol–water partition coefficient (Wildman–Crippen LogP) is 4.93. The molecular weight excluding hydrogens is 508 g/mol. The van der Waals surface area contributed by atoms with Crippen LogP contribution in [-0.4, -0.2) is 32.0 Å². The molecule has 1 aromatic carbocycles. The molecule has 0 saturated carbocycles. The SMILES string of the molecule is O=C(Nc1cnc(OC(F)(F)F)c(Cl)c1)c1cnn(-c2cccc3c(=O)[nH]ccc23)c1C(F)(F)F. The number of aromatic nitrogens is 4. The fourth-order valence-electron chi connectivity index (χ4n) is 3.24. The molecule has 182 valence electrons. The van der Waals surface area contributed by atoms with Crippen molar-refractivity contribution in [1.29, 1.82) is 0 Å². The number of halogens is 7. The maximum atomic E-state index is 14.0. The summed E-state index contributed by atoms with van der Waals surface area (Å²) >= 11 is 5.66. The summed E-state index contributed by atoms with van der Waals surface area (Å²) in [5, 5.41) is 5.39. The highest BCUT2D eigenvalue weighted by Gasteiger charge is 2.41. The number of hydrogen-bond donors (Lipinski definition) is 2. The quantitative estimate of drug-likeness (QED) is 0.374. The summed E-state index contributed by atoms with van der Waals surface area (Å²) in [5.74, 6) is -2.30. The minimum atomic E-state index is -5.08. The van der Waals surface area contributed by atoms with Crippen molar-refractivity contribution in [3.05, 3.63) is 75.6 Å². The number of aromatic amines is 1. The van der Waals surface area contributed by atoms with Gasteiger partial charge in [0.15, 0.2) is 5.69 Å². The molecule has 0 aliphatic carbocycles. The van der Waals surface area contributed by atoms with Gasteiger partial charge in [0.05, 0.1) is 29.3 Å². The van der Waals surface area contributed by atoms with Crippen LogP contribution in [-0.2, 0) is 6.18 Å². The largest absolute Gasteiger partial charge is 0.574 e. The number of ether oxygens (including phenoxy) is 1. The Morgan fingerprint density at radius 3 is 2.49 bits per heavy atom. The molecule has 0 unspecified atom stereocenters. The fourth-order valence-corrected chi connectivity index (χ4v) is 3.44. The summed E-state index contributed by atoms with van der Waals surface area (Å²) in [4.78, 5) is 30.4. The predicted molar refractivity (Wildman–Crippen MR) is 111 cm³/mol. The van der Waals surface area contributed by atoms with E-state index in [1.54, 1.807) is 0 Å². The fraction of sp³-hybridized carbons (Fsp3) is 0.100. The van der Waals surface area contributed by atoms with Crippen LogP contribution < -0.4 is 15.6 Å². The van der Waals surface area contributed by atoms with Crippen LogP contribution in [0.3, 0.4) is 0 Å². The van der Waals surface area contributed by atoms with Gasteiger partial charge in [-0.1, -0.05) is 17.7 Å². The van der Waals surface area contributed by atoms with Gasteiger partial charge in [-0.25, -0.2) is 9.67 Å². The van der Waals surface area contributed by atoms with Gasteiger partial charge in [-0.15, -0.1) is 13.2 Å². The summed E-state index contributed by atoms with van der Waals surface area (Å²) < 4.78 is 83.2. The maximum absolute atomic E-state index is 14.0. The van der Waals surface area contributed by atoms with Crippen molar-refractivity contribution >= 4 is 34.0 Å². The zero-order valence-electron chi connectivity index (χ0n) is 16.8. The minimum absolute atomic E-state index is 0.0986. The standard InChI is InChI=1S/C20H10ClF6N5O3/c21-13-6-9(7-29-18(13)35-20(25,26)27)31-17(34)12-8-30-32(15(12)19(22,23)24)14-3-1-2-11-10(14)4-5-28-16(11)33/h1-8H,(H,28,33)(H,31,34). The van der Waals surface area contributed by atoms with E-state index in [2.05, 4.69) is 25.1 Å². The van der Waals surface area contributed by atoms with Crippen molar-refractivity contribution < 1.29 is 35.9 Å². The van der Waals surface area contributed by atoms with Crippen LogP contribution in [0.1, 0.15) is 16.1 Å². The third kappa shape index (κ3) is 4.91. The van der Waals surface area contributed by atoms with Gasteiger partial charge in [-0.2, -0.15) is 18.3 Å². The molecule has 1 amide bonds. The van der Waals surface area contributed by atoms with Gasteiger partial charge < -0.3 is 15.0 Å². The molecule has 0 radical (unpaired) electrons. The number of nitrogens with zero attached hydrogens (tertiary/aromatic N) is 3. The molecule has 0 aliphatic heterocycles. The van der Waals surface area contributed by atoms with Crippen LogP contribution in [0.15, 0.2) is 53.7 Å². The third-order valence-electron chi connectivity index (χ3n) is 4.58. The molecule has 0 atom stereocenters. The van der Waals surface area contributed by atoms with E-state index >= 15 is 0 Å². The number of nitrogens with one attached hydrogen (secondary N) is 2. The molecule has 3 heterocycles. The van der Waals surface area contributed by atoms with Crippen LogP contribution in [0, 0.1) is 0 Å². The van der Waals surface area contributed by atoms with E-state index < -0.39 is 46.2 Å². The second-order valence-corrected chi connectivity index (χ2v) is 7.28. The van der Waals surface area contributed by atoms with Gasteiger partial charge in [0.25, 0.3) is 11.5 Å². The first-order chi connectivity index (χ1) is 16.3. The Hall–Kier alpha value is -4.07. The molecule has 0 spiro atoms. The van der Waals surface area contributed by atoms with Crippen molar-refractivity contribution in [2.75, 3.05) is 5.32 Å². The van der Waals surface area contributed by atoms with Crippen LogP contribution in [0.4, 0.5) is 32.0 Å². The Morgan fingerprint density at radius 2 is 1.83 bits per heavy atom. The van der Waals surface area contributed by atoms with Gasteiger partial charge >= 0.3 is 12.5 Å². The van der Waals surface area contributed by atoms with Gasteiger partial charge in [0.2, 0.25) is 5.88 Å². The Morgan fingerprint density at radius 1 is 1.09 bits per heavy atom. The molecule has 4 rings (SSSR count). The zero-order chi connectivity index (χ0) is 25.5. The second-order valence-electron chi connectivity index (χ2n) is 6.87. The topological polar surface area (TPSA) is 102 Å². The van der Waals surface area contributed by atoms with E-state index in [1.807, 2.05) is 0 Å². The van der Waals surface area contributed by atoms with E-state index in [1.165, 1.54) is 30.5 Å². The number of anilines is 1. The summed E-state index contributed by atoms with van der Waals surface area (Å²) in [6.45, 7) is 0. The number of hydrogen-bond acceptors (Lipinski definition) is 5. The normalized spacial score (nSPS) is 12.1. The average Bonchev–Trinajstić information content (AvgIpc) is 3.21. The zero-order valence-corrected chi connectivity index (χ0v) is 17.6. The Labute approximate surface area is 195 Å². The van der Waals surface area contributed by atoms with E-state index in [0.717, 1.165) is 12.3 Å². The molecule has 0 fully saturated rings. The lowest BCUT2D eigenvalue weighted by Crippen LogP contribution is -2.21. The van der Waals surface area contributed by atoms with Gasteiger partial charge in [0.1, 0.15) is 5.02 Å². The number of pyridine rings is 2. The number of alkyl halides is 6. The Balaban J connectivity index is 1.74. The first kappa shape index (κ1) is 24.1. The molecule has 2 N–H and O–H groups in total. The van der Waals surface area contributed by atoms with Crippen LogP contribution in [0.5, 0.6) is 5.88 Å². The van der Waals surface area contributed by atoms with Gasteiger partial charge in [0, 0.05) is 17.0 Å². The number of amides is 1. The lowest BCUT2D eigenvalue weighted by atomic mass is 10.1. The van der Waals surface area contributed by atoms with Crippen molar-refractivity contribution in [3.63, 3.8) is 0 Å². The molecule has 0 bridgehead atoms. The highest BCUT2D eigenvalue weighted by molar-refractivity contribution is 6.32. The lowest BCUT2D eigenvalue weighted by Gasteiger charge is -2.14. The molecular formula is C20H10ClF6N5O3. The smallest absolute Gasteiger partial charge is 0.386 e. The molecule has 8 nitrogen and oxygen atoms in total. The molecule has 3 aromatic heterocycles. The number of carbonyl (C=O) groups is 1. The summed E-state index contributed by atoms with van der Waals surface area (Å²) in [6, 6.07) is 6.25. The molecule has 35 heavy (non-hydrogen) atoms. The van der Waals surface area contributed by atoms with Crippen LogP contribution >= 0.6 is 11.6 Å². The van der Waals surface area contributed by atoms with Crippen LogP contribution in [0.2, 0.25) is 5.02 Å². The van der Waals surface area contributed by atoms with Crippen molar-refractivity contribution in [3.8, 4) is 11.6 Å². The molecule has 0 saturated heterocycles. The number of carbonyl (C=O) groups excluding carboxylic acids is 1. The summed E-state index contributed by atoms with van der Waals surface area (Å²) in [7, 11) is 0. The number of H-pyrrole nitrogens is 1. The molecule has 0 aliphatic rings. The van der Waals surface area contributed by atoms with Gasteiger partial charge in [-0.05, 0) is 24.3 Å². The maximum Gasteiger partial charge on any atom is 0.574 e. The van der Waals surface area contributed by atoms with Crippen LogP contribution in [0.25, 0.3) is 16.5 Å². The monoisotopic (exact) mass is 517 g/mol. The highest BCUT2D eigenvalue weighted by Crippen LogP contribution is 2.36. The molecule has 4 aromatic rings. The second kappa shape index (κ2) is 8.61. The Bertz CT molecular complexity index is 1500. The van der Waals surface area contributed by atoms with E-state index in [-0.39, 0.29) is 22.1 Å². The lowest BCUT2D eigenvalue weighted by molar-refractivity contribution is -0.276. The van der Waals surface area contributed by atoms with Crippen molar-refractivity contribution in [2.24, 2.45) is 0 Å². The Kier molecular flexibility index (Phi) is 5.92. The third-order valence-corrected chi connectivity index (χ3v) is 4.85. The van der Waals surface area contributed by atoms with Crippen molar-refractivity contribution in [2.45, 2.75) is 12.5 Å².